The number of rotatable bonds is 6. The molecule has 0 saturated heterocycles. The van der Waals surface area contributed by atoms with Gasteiger partial charge < -0.3 is 10.4 Å². The van der Waals surface area contributed by atoms with Crippen LogP contribution < -0.4 is 5.32 Å². The van der Waals surface area contributed by atoms with E-state index >= 15 is 0 Å². The van der Waals surface area contributed by atoms with Crippen LogP contribution in [-0.2, 0) is 11.8 Å². The third-order valence-corrected chi connectivity index (χ3v) is 2.94. The van der Waals surface area contributed by atoms with E-state index in [0.29, 0.717) is 18.0 Å². The molecule has 0 aromatic carbocycles. The van der Waals surface area contributed by atoms with Gasteiger partial charge in [0.15, 0.2) is 0 Å². The van der Waals surface area contributed by atoms with Crippen LogP contribution in [0.15, 0.2) is 6.07 Å². The van der Waals surface area contributed by atoms with E-state index in [-0.39, 0.29) is 11.7 Å². The molecule has 1 amide bonds. The zero-order valence-corrected chi connectivity index (χ0v) is 10.6. The fourth-order valence-corrected chi connectivity index (χ4v) is 1.88. The molecule has 7 heteroatoms. The zero-order valence-electron chi connectivity index (χ0n) is 9.77. The maximum Gasteiger partial charge on any atom is 0.313 e. The van der Waals surface area contributed by atoms with Gasteiger partial charge in [-0.2, -0.15) is 5.10 Å². The SMILES string of the molecule is Cc1cc(C(=O)NCCSCC(=O)O)n(C)n1. The third kappa shape index (κ3) is 4.48. The van der Waals surface area contributed by atoms with Crippen LogP contribution in [0.2, 0.25) is 0 Å². The van der Waals surface area contributed by atoms with Crippen molar-refractivity contribution < 1.29 is 14.7 Å². The van der Waals surface area contributed by atoms with Gasteiger partial charge in [-0.25, -0.2) is 0 Å². The van der Waals surface area contributed by atoms with Crippen LogP contribution in [0.5, 0.6) is 0 Å². The Kier molecular flexibility index (Phi) is 5.02. The number of amides is 1. The van der Waals surface area contributed by atoms with E-state index < -0.39 is 5.97 Å². The topological polar surface area (TPSA) is 84.2 Å². The van der Waals surface area contributed by atoms with Crippen LogP contribution in [0.3, 0.4) is 0 Å². The van der Waals surface area contributed by atoms with Gasteiger partial charge in [0.05, 0.1) is 11.4 Å². The van der Waals surface area contributed by atoms with Crippen LogP contribution in [0.1, 0.15) is 16.2 Å². The molecule has 2 N–H and O–H groups in total. The van der Waals surface area contributed by atoms with Crippen molar-refractivity contribution in [1.82, 2.24) is 15.1 Å². The Morgan fingerprint density at radius 1 is 1.59 bits per heavy atom. The zero-order chi connectivity index (χ0) is 12.8. The fraction of sp³-hybridized carbons (Fsp3) is 0.500. The van der Waals surface area contributed by atoms with Crippen molar-refractivity contribution >= 4 is 23.6 Å². The summed E-state index contributed by atoms with van der Waals surface area (Å²) in [5, 5.41) is 15.2. The number of hydrogen-bond donors (Lipinski definition) is 2. The summed E-state index contributed by atoms with van der Waals surface area (Å²) in [5.74, 6) is -0.400. The summed E-state index contributed by atoms with van der Waals surface area (Å²) < 4.78 is 1.52. The van der Waals surface area contributed by atoms with Gasteiger partial charge in [-0.15, -0.1) is 11.8 Å². The lowest BCUT2D eigenvalue weighted by Crippen LogP contribution is -2.27. The number of carboxylic acids is 1. The van der Waals surface area contributed by atoms with Crippen molar-refractivity contribution in [2.24, 2.45) is 7.05 Å². The lowest BCUT2D eigenvalue weighted by molar-refractivity contribution is -0.133. The lowest BCUT2D eigenvalue weighted by Gasteiger charge is -2.04. The minimum absolute atomic E-state index is 0.0562. The number of nitrogens with one attached hydrogen (secondary N) is 1. The number of carbonyl (C=O) groups excluding carboxylic acids is 1. The van der Waals surface area contributed by atoms with E-state index in [1.807, 2.05) is 6.92 Å². The fourth-order valence-electron chi connectivity index (χ4n) is 1.31. The first kappa shape index (κ1) is 13.6. The molecule has 1 rings (SSSR count). The smallest absolute Gasteiger partial charge is 0.313 e. The molecule has 1 aromatic rings. The molecule has 94 valence electrons. The highest BCUT2D eigenvalue weighted by atomic mass is 32.2. The Morgan fingerprint density at radius 2 is 2.29 bits per heavy atom. The van der Waals surface area contributed by atoms with Gasteiger partial charge >= 0.3 is 5.97 Å². The standard InChI is InChI=1S/C10H15N3O3S/c1-7-5-8(13(2)12-7)10(16)11-3-4-17-6-9(14)15/h5H,3-4,6H2,1-2H3,(H,11,16)(H,14,15). The van der Waals surface area contributed by atoms with E-state index in [1.165, 1.54) is 16.4 Å². The third-order valence-electron chi connectivity index (χ3n) is 1.99. The number of thioether (sulfide) groups is 1. The van der Waals surface area contributed by atoms with Crippen LogP contribution in [0.4, 0.5) is 0 Å². The summed E-state index contributed by atoms with van der Waals surface area (Å²) in [6.07, 6.45) is 0. The van der Waals surface area contributed by atoms with Gasteiger partial charge in [-0.3, -0.25) is 14.3 Å². The van der Waals surface area contributed by atoms with E-state index in [2.05, 4.69) is 10.4 Å². The molecule has 17 heavy (non-hydrogen) atoms. The number of nitrogens with zero attached hydrogens (tertiary/aromatic N) is 2. The van der Waals surface area contributed by atoms with Crippen molar-refractivity contribution in [3.8, 4) is 0 Å². The van der Waals surface area contributed by atoms with Crippen molar-refractivity contribution in [3.05, 3.63) is 17.5 Å². The largest absolute Gasteiger partial charge is 0.481 e. The quantitative estimate of drug-likeness (QED) is 0.715. The number of aryl methyl sites for hydroxylation is 2. The van der Waals surface area contributed by atoms with Gasteiger partial charge in [-0.1, -0.05) is 0 Å². The van der Waals surface area contributed by atoms with Gasteiger partial charge in [0.1, 0.15) is 5.69 Å². The lowest BCUT2D eigenvalue weighted by atomic mass is 10.3. The number of aliphatic carboxylic acids is 1. The Hall–Kier alpha value is -1.50. The average Bonchev–Trinajstić information content (AvgIpc) is 2.56. The van der Waals surface area contributed by atoms with Crippen LogP contribution in [-0.4, -0.2) is 44.8 Å². The van der Waals surface area contributed by atoms with Gasteiger partial charge in [-0.05, 0) is 13.0 Å². The second kappa shape index (κ2) is 6.29. The Bertz CT molecular complexity index is 417. The van der Waals surface area contributed by atoms with E-state index in [0.717, 1.165) is 5.69 Å². The predicted octanol–water partition coefficient (Wildman–Crippen LogP) is 0.276. The highest BCUT2D eigenvalue weighted by Crippen LogP contribution is 2.02. The minimum atomic E-state index is -0.844. The van der Waals surface area contributed by atoms with Crippen LogP contribution in [0.25, 0.3) is 0 Å². The van der Waals surface area contributed by atoms with Crippen LogP contribution in [0, 0.1) is 6.92 Å². The van der Waals surface area contributed by atoms with Crippen LogP contribution >= 0.6 is 11.8 Å². The van der Waals surface area contributed by atoms with E-state index in [1.54, 1.807) is 13.1 Å². The van der Waals surface area contributed by atoms with Gasteiger partial charge in [0.25, 0.3) is 5.91 Å². The van der Waals surface area contributed by atoms with Crippen molar-refractivity contribution in [2.75, 3.05) is 18.1 Å². The minimum Gasteiger partial charge on any atom is -0.481 e. The monoisotopic (exact) mass is 257 g/mol. The number of carbonyl (C=O) groups is 2. The normalized spacial score (nSPS) is 10.2. The van der Waals surface area contributed by atoms with Gasteiger partial charge in [0.2, 0.25) is 0 Å². The average molecular weight is 257 g/mol. The molecule has 1 aromatic heterocycles. The molecule has 0 radical (unpaired) electrons. The Labute approximate surface area is 103 Å². The first-order chi connectivity index (χ1) is 8.00. The van der Waals surface area contributed by atoms with Gasteiger partial charge in [0, 0.05) is 19.3 Å². The van der Waals surface area contributed by atoms with E-state index in [9.17, 15) is 9.59 Å². The number of aromatic nitrogens is 2. The second-order valence-electron chi connectivity index (χ2n) is 3.50. The molecule has 1 heterocycles. The van der Waals surface area contributed by atoms with Crippen molar-refractivity contribution in [2.45, 2.75) is 6.92 Å². The maximum absolute atomic E-state index is 11.7. The summed E-state index contributed by atoms with van der Waals surface area (Å²) >= 11 is 1.27. The molecule has 0 spiro atoms. The molecular formula is C10H15N3O3S. The summed E-state index contributed by atoms with van der Waals surface area (Å²) in [4.78, 5) is 21.9. The molecule has 0 saturated carbocycles. The molecule has 0 atom stereocenters. The summed E-state index contributed by atoms with van der Waals surface area (Å²) in [6, 6.07) is 1.71. The predicted molar refractivity (Wildman–Crippen MR) is 65.2 cm³/mol. The summed E-state index contributed by atoms with van der Waals surface area (Å²) in [5.41, 5.74) is 1.30. The molecule has 6 nitrogen and oxygen atoms in total. The maximum atomic E-state index is 11.7. The highest BCUT2D eigenvalue weighted by molar-refractivity contribution is 7.99. The summed E-state index contributed by atoms with van der Waals surface area (Å²) in [6.45, 7) is 2.26. The first-order valence-electron chi connectivity index (χ1n) is 5.09. The number of carboxylic acid groups (broad SMARTS) is 1. The molecule has 0 aliphatic heterocycles. The number of hydrogen-bond acceptors (Lipinski definition) is 4. The van der Waals surface area contributed by atoms with E-state index in [4.69, 9.17) is 5.11 Å². The molecule has 0 unspecified atom stereocenters. The second-order valence-corrected chi connectivity index (χ2v) is 4.60. The molecule has 0 aliphatic rings. The Balaban J connectivity index is 2.30. The van der Waals surface area contributed by atoms with Crippen molar-refractivity contribution in [1.29, 1.82) is 0 Å². The molecule has 0 fully saturated rings. The Morgan fingerprint density at radius 3 is 2.82 bits per heavy atom. The molecular weight excluding hydrogens is 242 g/mol. The van der Waals surface area contributed by atoms with Crippen molar-refractivity contribution in [3.63, 3.8) is 0 Å². The molecule has 0 aliphatic carbocycles. The summed E-state index contributed by atoms with van der Waals surface area (Å²) in [7, 11) is 1.71. The molecule has 0 bridgehead atoms. The first-order valence-corrected chi connectivity index (χ1v) is 6.24. The highest BCUT2D eigenvalue weighted by Gasteiger charge is 2.10.